The topological polar surface area (TPSA) is 88.3 Å². The van der Waals surface area contributed by atoms with Crippen molar-refractivity contribution in [3.8, 4) is 0 Å². The Labute approximate surface area is 162 Å². The molecule has 0 spiro atoms. The molecule has 2 aromatic rings. The summed E-state index contributed by atoms with van der Waals surface area (Å²) >= 11 is 6.00. The van der Waals surface area contributed by atoms with E-state index in [0.717, 1.165) is 24.8 Å². The molecule has 1 aliphatic heterocycles. The van der Waals surface area contributed by atoms with Gasteiger partial charge < -0.3 is 14.6 Å². The molecule has 0 bridgehead atoms. The number of benzene rings is 1. The van der Waals surface area contributed by atoms with Crippen molar-refractivity contribution in [2.45, 2.75) is 37.5 Å². The molecule has 1 N–H and O–H groups in total. The van der Waals surface area contributed by atoms with E-state index in [2.05, 4.69) is 15.5 Å². The Morgan fingerprint density at radius 2 is 2.04 bits per heavy atom. The SMILES string of the molecule is O=C1CN(C(=O)CCc2nnc(C3(c4ccc(Cl)cc4)CCC3)o2)CCN1. The minimum atomic E-state index is -0.245. The Bertz CT molecular complexity index is 845. The van der Waals surface area contributed by atoms with Crippen LogP contribution in [0.3, 0.4) is 0 Å². The Hall–Kier alpha value is -2.41. The van der Waals surface area contributed by atoms with E-state index in [0.29, 0.717) is 36.3 Å². The zero-order valence-electron chi connectivity index (χ0n) is 14.9. The summed E-state index contributed by atoms with van der Waals surface area (Å²) in [4.78, 5) is 25.3. The Morgan fingerprint density at radius 1 is 1.26 bits per heavy atom. The number of carbonyl (C=O) groups is 2. The van der Waals surface area contributed by atoms with Crippen LogP contribution in [0.5, 0.6) is 0 Å². The third-order valence-corrected chi connectivity index (χ3v) is 5.68. The molecule has 2 heterocycles. The lowest BCUT2D eigenvalue weighted by atomic mass is 9.64. The summed E-state index contributed by atoms with van der Waals surface area (Å²) < 4.78 is 5.93. The van der Waals surface area contributed by atoms with Crippen molar-refractivity contribution in [3.63, 3.8) is 0 Å². The molecule has 4 rings (SSSR count). The van der Waals surface area contributed by atoms with Crippen molar-refractivity contribution >= 4 is 23.4 Å². The molecule has 0 radical (unpaired) electrons. The van der Waals surface area contributed by atoms with E-state index < -0.39 is 0 Å². The van der Waals surface area contributed by atoms with E-state index in [-0.39, 0.29) is 30.2 Å². The summed E-state index contributed by atoms with van der Waals surface area (Å²) in [5, 5.41) is 11.8. The average molecular weight is 389 g/mol. The van der Waals surface area contributed by atoms with Gasteiger partial charge in [0.05, 0.1) is 12.0 Å². The first kappa shape index (κ1) is 18.0. The number of piperazine rings is 1. The van der Waals surface area contributed by atoms with Crippen LogP contribution in [0.4, 0.5) is 0 Å². The molecule has 142 valence electrons. The number of hydrogen-bond acceptors (Lipinski definition) is 5. The van der Waals surface area contributed by atoms with Crippen molar-refractivity contribution in [1.29, 1.82) is 0 Å². The molecule has 1 aromatic carbocycles. The van der Waals surface area contributed by atoms with Crippen LogP contribution in [-0.4, -0.2) is 46.5 Å². The van der Waals surface area contributed by atoms with E-state index in [4.69, 9.17) is 16.0 Å². The number of hydrogen-bond donors (Lipinski definition) is 1. The molecule has 2 aliphatic rings. The number of rotatable bonds is 5. The Balaban J connectivity index is 1.43. The predicted molar refractivity (Wildman–Crippen MR) is 98.3 cm³/mol. The molecule has 1 aromatic heterocycles. The molecular weight excluding hydrogens is 368 g/mol. The van der Waals surface area contributed by atoms with Crippen molar-refractivity contribution in [1.82, 2.24) is 20.4 Å². The van der Waals surface area contributed by atoms with Gasteiger partial charge in [0.1, 0.15) is 0 Å². The number of aromatic nitrogens is 2. The number of amides is 2. The van der Waals surface area contributed by atoms with Gasteiger partial charge in [-0.25, -0.2) is 0 Å². The second-order valence-corrected chi connectivity index (χ2v) is 7.55. The lowest BCUT2D eigenvalue weighted by Crippen LogP contribution is -2.50. The van der Waals surface area contributed by atoms with Crippen LogP contribution in [0.15, 0.2) is 28.7 Å². The summed E-state index contributed by atoms with van der Waals surface area (Å²) in [6.07, 6.45) is 3.65. The molecule has 1 aliphatic carbocycles. The van der Waals surface area contributed by atoms with Crippen LogP contribution in [-0.2, 0) is 21.4 Å². The number of aryl methyl sites for hydroxylation is 1. The second kappa shape index (κ2) is 7.31. The summed E-state index contributed by atoms with van der Waals surface area (Å²) in [6, 6.07) is 7.77. The molecule has 0 atom stereocenters. The smallest absolute Gasteiger partial charge is 0.239 e. The fourth-order valence-electron chi connectivity index (χ4n) is 3.70. The highest BCUT2D eigenvalue weighted by Crippen LogP contribution is 2.48. The average Bonchev–Trinajstić information content (AvgIpc) is 3.09. The normalized spacial score (nSPS) is 18.7. The van der Waals surface area contributed by atoms with Gasteiger partial charge in [0.2, 0.25) is 23.6 Å². The predicted octanol–water partition coefficient (Wildman–Crippen LogP) is 2.08. The highest BCUT2D eigenvalue weighted by Gasteiger charge is 2.45. The van der Waals surface area contributed by atoms with Crippen LogP contribution in [0.25, 0.3) is 0 Å². The van der Waals surface area contributed by atoms with Crippen molar-refractivity contribution in [2.24, 2.45) is 0 Å². The zero-order chi connectivity index (χ0) is 18.9. The number of halogens is 1. The molecule has 0 unspecified atom stereocenters. The van der Waals surface area contributed by atoms with Gasteiger partial charge in [-0.3, -0.25) is 9.59 Å². The van der Waals surface area contributed by atoms with E-state index in [1.54, 1.807) is 4.90 Å². The molecule has 1 saturated heterocycles. The van der Waals surface area contributed by atoms with Crippen LogP contribution >= 0.6 is 11.6 Å². The highest BCUT2D eigenvalue weighted by molar-refractivity contribution is 6.30. The zero-order valence-corrected chi connectivity index (χ0v) is 15.7. The third kappa shape index (κ3) is 3.56. The number of nitrogens with one attached hydrogen (secondary N) is 1. The van der Waals surface area contributed by atoms with Gasteiger partial charge in [-0.15, -0.1) is 10.2 Å². The van der Waals surface area contributed by atoms with Crippen molar-refractivity contribution in [2.75, 3.05) is 19.6 Å². The maximum absolute atomic E-state index is 12.3. The van der Waals surface area contributed by atoms with Crippen LogP contribution < -0.4 is 5.32 Å². The molecule has 8 heteroatoms. The standard InChI is InChI=1S/C19H21ClN4O3/c20-14-4-2-13(3-5-14)19(8-1-9-19)18-23-22-16(27-18)6-7-17(26)24-11-10-21-15(25)12-24/h2-5H,1,6-12H2,(H,21,25). The molecule has 1 saturated carbocycles. The minimum Gasteiger partial charge on any atom is -0.424 e. The monoisotopic (exact) mass is 388 g/mol. The van der Waals surface area contributed by atoms with Gasteiger partial charge in [0.15, 0.2) is 0 Å². The summed E-state index contributed by atoms with van der Waals surface area (Å²) in [5.74, 6) is 0.876. The molecule has 2 amide bonds. The minimum absolute atomic E-state index is 0.0688. The fourth-order valence-corrected chi connectivity index (χ4v) is 3.82. The van der Waals surface area contributed by atoms with Gasteiger partial charge in [0, 0.05) is 31.0 Å². The van der Waals surface area contributed by atoms with Gasteiger partial charge in [0.25, 0.3) is 0 Å². The maximum atomic E-state index is 12.3. The quantitative estimate of drug-likeness (QED) is 0.847. The van der Waals surface area contributed by atoms with E-state index >= 15 is 0 Å². The summed E-state index contributed by atoms with van der Waals surface area (Å²) in [7, 11) is 0. The summed E-state index contributed by atoms with van der Waals surface area (Å²) in [6.45, 7) is 1.16. The number of nitrogens with zero attached hydrogens (tertiary/aromatic N) is 3. The lowest BCUT2D eigenvalue weighted by Gasteiger charge is -2.39. The summed E-state index contributed by atoms with van der Waals surface area (Å²) in [5.41, 5.74) is 0.883. The van der Waals surface area contributed by atoms with E-state index in [1.807, 2.05) is 24.3 Å². The maximum Gasteiger partial charge on any atom is 0.239 e. The fraction of sp³-hybridized carbons (Fsp3) is 0.474. The third-order valence-electron chi connectivity index (χ3n) is 5.42. The van der Waals surface area contributed by atoms with Gasteiger partial charge in [-0.2, -0.15) is 0 Å². The molecule has 7 nitrogen and oxygen atoms in total. The largest absolute Gasteiger partial charge is 0.424 e. The van der Waals surface area contributed by atoms with Gasteiger partial charge in [-0.1, -0.05) is 30.2 Å². The first-order valence-corrected chi connectivity index (χ1v) is 9.58. The number of carbonyl (C=O) groups excluding carboxylic acids is 2. The van der Waals surface area contributed by atoms with Crippen molar-refractivity contribution < 1.29 is 14.0 Å². The van der Waals surface area contributed by atoms with Crippen molar-refractivity contribution in [3.05, 3.63) is 46.6 Å². The Kier molecular flexibility index (Phi) is 4.86. The van der Waals surface area contributed by atoms with E-state index in [1.165, 1.54) is 0 Å². The van der Waals surface area contributed by atoms with Gasteiger partial charge in [-0.05, 0) is 30.5 Å². The Morgan fingerprint density at radius 3 is 2.70 bits per heavy atom. The van der Waals surface area contributed by atoms with Crippen LogP contribution in [0, 0.1) is 0 Å². The molecular formula is C19H21ClN4O3. The molecule has 27 heavy (non-hydrogen) atoms. The first-order valence-electron chi connectivity index (χ1n) is 9.20. The first-order chi connectivity index (χ1) is 13.1. The second-order valence-electron chi connectivity index (χ2n) is 7.11. The molecule has 2 fully saturated rings. The van der Waals surface area contributed by atoms with Gasteiger partial charge >= 0.3 is 0 Å². The van der Waals surface area contributed by atoms with E-state index in [9.17, 15) is 9.59 Å². The highest BCUT2D eigenvalue weighted by atomic mass is 35.5. The van der Waals surface area contributed by atoms with Crippen LogP contribution in [0.2, 0.25) is 5.02 Å². The lowest BCUT2D eigenvalue weighted by molar-refractivity contribution is -0.138. The van der Waals surface area contributed by atoms with Crippen LogP contribution in [0.1, 0.15) is 43.0 Å².